The van der Waals surface area contributed by atoms with Gasteiger partial charge in [-0.15, -0.1) is 0 Å². The van der Waals surface area contributed by atoms with Crippen molar-refractivity contribution < 1.29 is 19.2 Å². The lowest BCUT2D eigenvalue weighted by molar-refractivity contribution is 0.0686. The van der Waals surface area contributed by atoms with Crippen LogP contribution in [0.4, 0.5) is 0 Å². The summed E-state index contributed by atoms with van der Waals surface area (Å²) in [7, 11) is 0. The lowest BCUT2D eigenvalue weighted by Crippen LogP contribution is -1.97. The number of ether oxygens (including phenoxy) is 1. The second kappa shape index (κ2) is 4.85. The van der Waals surface area contributed by atoms with Crippen LogP contribution in [0.15, 0.2) is 34.9 Å². The third-order valence-corrected chi connectivity index (χ3v) is 3.30. The Morgan fingerprint density at radius 2 is 2.26 bits per heavy atom. The van der Waals surface area contributed by atoms with Gasteiger partial charge in [0.2, 0.25) is 0 Å². The van der Waals surface area contributed by atoms with Crippen molar-refractivity contribution in [1.82, 2.24) is 5.16 Å². The minimum atomic E-state index is -1.09. The third kappa shape index (κ3) is 2.37. The fourth-order valence-corrected chi connectivity index (χ4v) is 2.26. The molecule has 3 rings (SSSR count). The summed E-state index contributed by atoms with van der Waals surface area (Å²) in [6, 6.07) is 9.31. The molecule has 1 fully saturated rings. The number of carboxylic acid groups (broad SMARTS) is 1. The highest BCUT2D eigenvalue weighted by Gasteiger charge is 2.19. The number of nitrogens with zero attached hydrogens (tertiary/aromatic N) is 1. The average molecular weight is 259 g/mol. The molecule has 98 valence electrons. The lowest BCUT2D eigenvalue weighted by Gasteiger charge is -2.08. The van der Waals surface area contributed by atoms with Gasteiger partial charge in [-0.2, -0.15) is 0 Å². The molecule has 1 saturated heterocycles. The molecule has 2 heterocycles. The van der Waals surface area contributed by atoms with E-state index in [-0.39, 0.29) is 5.69 Å². The number of carbonyl (C=O) groups is 1. The number of hydrogen-bond donors (Lipinski definition) is 1. The molecule has 1 aliphatic heterocycles. The highest BCUT2D eigenvalue weighted by Crippen LogP contribution is 2.29. The first-order valence-corrected chi connectivity index (χ1v) is 6.12. The van der Waals surface area contributed by atoms with Crippen molar-refractivity contribution >= 4 is 5.97 Å². The predicted octanol–water partition coefficient (Wildman–Crippen LogP) is 2.54. The molecule has 0 radical (unpaired) electrons. The van der Waals surface area contributed by atoms with Crippen LogP contribution < -0.4 is 0 Å². The van der Waals surface area contributed by atoms with Crippen molar-refractivity contribution in [2.75, 3.05) is 13.2 Å². The Morgan fingerprint density at radius 1 is 1.37 bits per heavy atom. The zero-order chi connectivity index (χ0) is 13.2. The summed E-state index contributed by atoms with van der Waals surface area (Å²) >= 11 is 0. The van der Waals surface area contributed by atoms with E-state index in [2.05, 4.69) is 11.2 Å². The molecule has 1 aromatic heterocycles. The van der Waals surface area contributed by atoms with Gasteiger partial charge in [-0.1, -0.05) is 23.4 Å². The Bertz CT molecular complexity index is 599. The van der Waals surface area contributed by atoms with Gasteiger partial charge in [0.25, 0.3) is 0 Å². The Morgan fingerprint density at radius 3 is 2.95 bits per heavy atom. The molecule has 0 aliphatic carbocycles. The fourth-order valence-electron chi connectivity index (χ4n) is 2.26. The quantitative estimate of drug-likeness (QED) is 0.917. The largest absolute Gasteiger partial charge is 0.476 e. The Kier molecular flexibility index (Phi) is 3.05. The van der Waals surface area contributed by atoms with E-state index in [0.29, 0.717) is 11.7 Å². The van der Waals surface area contributed by atoms with Gasteiger partial charge >= 0.3 is 5.97 Å². The van der Waals surface area contributed by atoms with E-state index in [1.807, 2.05) is 18.2 Å². The Balaban J connectivity index is 1.91. The summed E-state index contributed by atoms with van der Waals surface area (Å²) in [6.07, 6.45) is 1.01. The lowest BCUT2D eigenvalue weighted by atomic mass is 9.96. The van der Waals surface area contributed by atoms with Crippen molar-refractivity contribution in [1.29, 1.82) is 0 Å². The van der Waals surface area contributed by atoms with Crippen molar-refractivity contribution in [2.24, 2.45) is 0 Å². The molecule has 5 nitrogen and oxygen atoms in total. The first-order valence-electron chi connectivity index (χ1n) is 6.12. The molecule has 1 N–H and O–H groups in total. The number of carboxylic acids is 1. The van der Waals surface area contributed by atoms with Gasteiger partial charge < -0.3 is 14.4 Å². The second-order valence-electron chi connectivity index (χ2n) is 4.57. The van der Waals surface area contributed by atoms with Gasteiger partial charge in [0, 0.05) is 24.2 Å². The molecule has 19 heavy (non-hydrogen) atoms. The molecule has 1 unspecified atom stereocenters. The minimum Gasteiger partial charge on any atom is -0.476 e. The van der Waals surface area contributed by atoms with E-state index < -0.39 is 5.97 Å². The van der Waals surface area contributed by atoms with Crippen LogP contribution in [0.2, 0.25) is 0 Å². The summed E-state index contributed by atoms with van der Waals surface area (Å²) in [5, 5.41) is 12.4. The first-order chi connectivity index (χ1) is 9.24. The molecule has 0 amide bonds. The minimum absolute atomic E-state index is 0.0791. The van der Waals surface area contributed by atoms with Gasteiger partial charge in [0.15, 0.2) is 11.5 Å². The summed E-state index contributed by atoms with van der Waals surface area (Å²) in [5.41, 5.74) is 1.94. The number of rotatable bonds is 3. The maximum Gasteiger partial charge on any atom is 0.358 e. The fraction of sp³-hybridized carbons (Fsp3) is 0.286. The average Bonchev–Trinajstić information content (AvgIpc) is 3.10. The highest BCUT2D eigenvalue weighted by molar-refractivity contribution is 5.86. The molecule has 0 bridgehead atoms. The molecule has 0 saturated carbocycles. The highest BCUT2D eigenvalue weighted by atomic mass is 16.5. The van der Waals surface area contributed by atoms with Gasteiger partial charge in [0.1, 0.15) is 0 Å². The van der Waals surface area contributed by atoms with Crippen LogP contribution in [0.5, 0.6) is 0 Å². The van der Waals surface area contributed by atoms with E-state index in [1.54, 1.807) is 0 Å². The molecular formula is C14H13NO4. The van der Waals surface area contributed by atoms with Crippen LogP contribution in [0.3, 0.4) is 0 Å². The normalized spacial score (nSPS) is 18.6. The maximum atomic E-state index is 10.8. The van der Waals surface area contributed by atoms with Crippen LogP contribution in [0.1, 0.15) is 28.4 Å². The topological polar surface area (TPSA) is 72.6 Å². The van der Waals surface area contributed by atoms with Gasteiger partial charge in [-0.3, -0.25) is 0 Å². The molecular weight excluding hydrogens is 246 g/mol. The van der Waals surface area contributed by atoms with Crippen LogP contribution in [0.25, 0.3) is 11.3 Å². The van der Waals surface area contributed by atoms with Gasteiger partial charge in [-0.25, -0.2) is 4.79 Å². The standard InChI is InChI=1S/C14H13NO4/c16-14(17)12-7-13(19-15-12)10-3-1-2-9(6-10)11-4-5-18-8-11/h1-3,6-7,11H,4-5,8H2,(H,16,17). The predicted molar refractivity (Wildman–Crippen MR) is 67.1 cm³/mol. The molecule has 1 atom stereocenters. The molecule has 1 aromatic carbocycles. The molecule has 0 spiro atoms. The monoisotopic (exact) mass is 259 g/mol. The number of aromatic nitrogens is 1. The maximum absolute atomic E-state index is 10.8. The molecule has 5 heteroatoms. The van der Waals surface area contributed by atoms with E-state index in [1.165, 1.54) is 11.6 Å². The number of hydrogen-bond acceptors (Lipinski definition) is 4. The van der Waals surface area contributed by atoms with Gasteiger partial charge in [0.05, 0.1) is 6.61 Å². The molecule has 2 aromatic rings. The summed E-state index contributed by atoms with van der Waals surface area (Å²) in [5.74, 6) is -0.213. The van der Waals surface area contributed by atoms with E-state index in [9.17, 15) is 4.79 Å². The SMILES string of the molecule is O=C(O)c1cc(-c2cccc(C3CCOC3)c2)on1. The van der Waals surface area contributed by atoms with Crippen LogP contribution >= 0.6 is 0 Å². The van der Waals surface area contributed by atoms with Crippen LogP contribution in [-0.2, 0) is 4.74 Å². The third-order valence-electron chi connectivity index (χ3n) is 3.30. The van der Waals surface area contributed by atoms with Crippen LogP contribution in [-0.4, -0.2) is 29.4 Å². The van der Waals surface area contributed by atoms with Crippen molar-refractivity contribution in [3.8, 4) is 11.3 Å². The Labute approximate surface area is 109 Å². The second-order valence-corrected chi connectivity index (χ2v) is 4.57. The Hall–Kier alpha value is -2.14. The van der Waals surface area contributed by atoms with Gasteiger partial charge in [-0.05, 0) is 18.1 Å². The first kappa shape index (κ1) is 11.9. The summed E-state index contributed by atoms with van der Waals surface area (Å²) in [4.78, 5) is 10.8. The van der Waals surface area contributed by atoms with E-state index in [0.717, 1.165) is 25.2 Å². The van der Waals surface area contributed by atoms with Crippen LogP contribution in [0, 0.1) is 0 Å². The molecule has 1 aliphatic rings. The van der Waals surface area contributed by atoms with E-state index in [4.69, 9.17) is 14.4 Å². The zero-order valence-corrected chi connectivity index (χ0v) is 10.2. The summed E-state index contributed by atoms with van der Waals surface area (Å²) < 4.78 is 10.4. The van der Waals surface area contributed by atoms with E-state index >= 15 is 0 Å². The zero-order valence-electron chi connectivity index (χ0n) is 10.2. The number of aromatic carboxylic acids is 1. The number of benzene rings is 1. The summed E-state index contributed by atoms with van der Waals surface area (Å²) in [6.45, 7) is 1.53. The van der Waals surface area contributed by atoms with Crippen molar-refractivity contribution in [2.45, 2.75) is 12.3 Å². The van der Waals surface area contributed by atoms with Crippen molar-refractivity contribution in [3.63, 3.8) is 0 Å². The van der Waals surface area contributed by atoms with Crippen molar-refractivity contribution in [3.05, 3.63) is 41.6 Å². The smallest absolute Gasteiger partial charge is 0.358 e.